The van der Waals surface area contributed by atoms with Crippen molar-refractivity contribution in [1.82, 2.24) is 30.0 Å². The highest BCUT2D eigenvalue weighted by molar-refractivity contribution is 5.92. The smallest absolute Gasteiger partial charge is 0.271 e. The maximum Gasteiger partial charge on any atom is 0.271 e. The van der Waals surface area contributed by atoms with Gasteiger partial charge in [-0.25, -0.2) is 14.4 Å². The Kier molecular flexibility index (Phi) is 4.86. The SMILES string of the molecule is Cc1noc(-c2ccc(-n3cnc(C(=O)N[C@H](C)c4ccc(F)cc4)c3)nc2)n1. The fraction of sp³-hybridized carbons (Fsp3) is 0.150. The molecular weight excluding hydrogens is 375 g/mol. The van der Waals surface area contributed by atoms with Crippen molar-refractivity contribution in [3.63, 3.8) is 0 Å². The van der Waals surface area contributed by atoms with Crippen molar-refractivity contribution >= 4 is 5.91 Å². The number of aromatic nitrogens is 5. The van der Waals surface area contributed by atoms with Crippen LogP contribution in [-0.4, -0.2) is 30.6 Å². The van der Waals surface area contributed by atoms with Gasteiger partial charge in [-0.2, -0.15) is 4.98 Å². The highest BCUT2D eigenvalue weighted by Crippen LogP contribution is 2.18. The zero-order chi connectivity index (χ0) is 20.4. The summed E-state index contributed by atoms with van der Waals surface area (Å²) in [6.07, 6.45) is 4.71. The first-order chi connectivity index (χ1) is 14.0. The van der Waals surface area contributed by atoms with Crippen molar-refractivity contribution in [2.24, 2.45) is 0 Å². The molecular formula is C20H17FN6O2. The van der Waals surface area contributed by atoms with Gasteiger partial charge in [-0.3, -0.25) is 9.36 Å². The van der Waals surface area contributed by atoms with Gasteiger partial charge in [-0.1, -0.05) is 17.3 Å². The molecule has 1 atom stereocenters. The van der Waals surface area contributed by atoms with Crippen LogP contribution in [0.25, 0.3) is 17.3 Å². The highest BCUT2D eigenvalue weighted by atomic mass is 19.1. The Morgan fingerprint density at radius 3 is 2.62 bits per heavy atom. The monoisotopic (exact) mass is 392 g/mol. The predicted molar refractivity (Wildman–Crippen MR) is 102 cm³/mol. The molecule has 0 aliphatic carbocycles. The van der Waals surface area contributed by atoms with E-state index >= 15 is 0 Å². The highest BCUT2D eigenvalue weighted by Gasteiger charge is 2.15. The van der Waals surface area contributed by atoms with Crippen molar-refractivity contribution in [1.29, 1.82) is 0 Å². The second-order valence-corrected chi connectivity index (χ2v) is 6.46. The molecule has 0 unspecified atom stereocenters. The number of carbonyl (C=O) groups excluding carboxylic acids is 1. The van der Waals surface area contributed by atoms with Crippen molar-refractivity contribution in [3.8, 4) is 17.3 Å². The lowest BCUT2D eigenvalue weighted by Gasteiger charge is -2.13. The summed E-state index contributed by atoms with van der Waals surface area (Å²) in [5.41, 5.74) is 1.74. The molecule has 3 heterocycles. The van der Waals surface area contributed by atoms with E-state index in [1.54, 1.807) is 48.1 Å². The Morgan fingerprint density at radius 1 is 1.17 bits per heavy atom. The molecule has 0 aliphatic heterocycles. The predicted octanol–water partition coefficient (Wildman–Crippen LogP) is 3.26. The molecule has 1 aromatic carbocycles. The molecule has 0 spiro atoms. The number of halogens is 1. The van der Waals surface area contributed by atoms with E-state index in [1.807, 2.05) is 6.92 Å². The first-order valence-corrected chi connectivity index (χ1v) is 8.87. The summed E-state index contributed by atoms with van der Waals surface area (Å²) in [7, 11) is 0. The van der Waals surface area contributed by atoms with Crippen LogP contribution in [0.15, 0.2) is 59.6 Å². The van der Waals surface area contributed by atoms with Gasteiger partial charge in [0.2, 0.25) is 0 Å². The summed E-state index contributed by atoms with van der Waals surface area (Å²) in [6.45, 7) is 3.56. The van der Waals surface area contributed by atoms with Crippen LogP contribution in [0.4, 0.5) is 4.39 Å². The summed E-state index contributed by atoms with van der Waals surface area (Å²) in [6, 6.07) is 9.26. The fourth-order valence-corrected chi connectivity index (χ4v) is 2.75. The number of hydrogen-bond acceptors (Lipinski definition) is 6. The summed E-state index contributed by atoms with van der Waals surface area (Å²) >= 11 is 0. The van der Waals surface area contributed by atoms with Gasteiger partial charge in [-0.05, 0) is 43.7 Å². The Bertz CT molecular complexity index is 1130. The van der Waals surface area contributed by atoms with Gasteiger partial charge < -0.3 is 9.84 Å². The zero-order valence-corrected chi connectivity index (χ0v) is 15.7. The van der Waals surface area contributed by atoms with Gasteiger partial charge in [0, 0.05) is 12.4 Å². The van der Waals surface area contributed by atoms with Crippen molar-refractivity contribution in [3.05, 3.63) is 78.0 Å². The molecule has 4 rings (SSSR count). The third kappa shape index (κ3) is 4.03. The molecule has 3 aromatic heterocycles. The molecule has 0 saturated heterocycles. The third-order valence-electron chi connectivity index (χ3n) is 4.32. The summed E-state index contributed by atoms with van der Waals surface area (Å²) in [5.74, 6) is 0.867. The molecule has 1 N–H and O–H groups in total. The minimum absolute atomic E-state index is 0.248. The Morgan fingerprint density at radius 2 is 1.97 bits per heavy atom. The molecule has 0 aliphatic rings. The summed E-state index contributed by atoms with van der Waals surface area (Å²) in [5, 5.41) is 6.60. The summed E-state index contributed by atoms with van der Waals surface area (Å²) in [4.78, 5) is 25.1. The number of benzene rings is 1. The van der Waals surface area contributed by atoms with E-state index in [0.717, 1.165) is 5.56 Å². The quantitative estimate of drug-likeness (QED) is 0.560. The third-order valence-corrected chi connectivity index (χ3v) is 4.32. The van der Waals surface area contributed by atoms with Gasteiger partial charge in [-0.15, -0.1) is 0 Å². The van der Waals surface area contributed by atoms with Crippen LogP contribution in [0.2, 0.25) is 0 Å². The first-order valence-electron chi connectivity index (χ1n) is 8.87. The summed E-state index contributed by atoms with van der Waals surface area (Å²) < 4.78 is 19.8. The lowest BCUT2D eigenvalue weighted by molar-refractivity contribution is 0.0935. The fourth-order valence-electron chi connectivity index (χ4n) is 2.75. The number of pyridine rings is 1. The maximum atomic E-state index is 13.0. The van der Waals surface area contributed by atoms with E-state index in [0.29, 0.717) is 23.1 Å². The minimum atomic E-state index is -0.335. The standard InChI is InChI=1S/C20H17FN6O2/c1-12(14-3-6-16(21)7-4-14)24-19(28)17-10-27(11-23-17)18-8-5-15(9-22-18)20-25-13(2)26-29-20/h3-12H,1-2H3,(H,24,28)/t12-/m1/s1. The van der Waals surface area contributed by atoms with Gasteiger partial charge in [0.05, 0.1) is 11.6 Å². The minimum Gasteiger partial charge on any atom is -0.344 e. The number of amides is 1. The Hall–Kier alpha value is -3.88. The van der Waals surface area contributed by atoms with Gasteiger partial charge in [0.25, 0.3) is 11.8 Å². The molecule has 0 fully saturated rings. The zero-order valence-electron chi connectivity index (χ0n) is 15.7. The Balaban J connectivity index is 1.46. The number of hydrogen-bond donors (Lipinski definition) is 1. The van der Waals surface area contributed by atoms with E-state index in [-0.39, 0.29) is 23.5 Å². The van der Waals surface area contributed by atoms with Crippen LogP contribution in [0.1, 0.15) is 34.8 Å². The van der Waals surface area contributed by atoms with Crippen LogP contribution in [0.5, 0.6) is 0 Å². The van der Waals surface area contributed by atoms with Crippen molar-refractivity contribution < 1.29 is 13.7 Å². The maximum absolute atomic E-state index is 13.0. The molecule has 8 nitrogen and oxygen atoms in total. The molecule has 29 heavy (non-hydrogen) atoms. The molecule has 0 bridgehead atoms. The van der Waals surface area contributed by atoms with E-state index in [4.69, 9.17) is 4.52 Å². The van der Waals surface area contributed by atoms with E-state index in [2.05, 4.69) is 25.4 Å². The van der Waals surface area contributed by atoms with Gasteiger partial charge >= 0.3 is 0 Å². The lowest BCUT2D eigenvalue weighted by Crippen LogP contribution is -2.26. The largest absolute Gasteiger partial charge is 0.344 e. The first kappa shape index (κ1) is 18.5. The topological polar surface area (TPSA) is 98.7 Å². The second kappa shape index (κ2) is 7.63. The molecule has 0 radical (unpaired) electrons. The van der Waals surface area contributed by atoms with Crippen molar-refractivity contribution in [2.75, 3.05) is 0 Å². The lowest BCUT2D eigenvalue weighted by atomic mass is 10.1. The molecule has 1 amide bonds. The molecule has 4 aromatic rings. The van der Waals surface area contributed by atoms with E-state index < -0.39 is 0 Å². The molecule has 9 heteroatoms. The molecule has 146 valence electrons. The van der Waals surface area contributed by atoms with Crippen molar-refractivity contribution in [2.45, 2.75) is 19.9 Å². The van der Waals surface area contributed by atoms with Crippen LogP contribution in [0.3, 0.4) is 0 Å². The van der Waals surface area contributed by atoms with Crippen LogP contribution < -0.4 is 5.32 Å². The van der Waals surface area contributed by atoms with E-state index in [1.165, 1.54) is 18.5 Å². The van der Waals surface area contributed by atoms with Gasteiger partial charge in [0.1, 0.15) is 23.7 Å². The van der Waals surface area contributed by atoms with Gasteiger partial charge in [0.15, 0.2) is 5.82 Å². The Labute approximate surface area is 165 Å². The van der Waals surface area contributed by atoms with Crippen LogP contribution in [-0.2, 0) is 0 Å². The number of nitrogens with one attached hydrogen (secondary N) is 1. The normalized spacial score (nSPS) is 12.0. The second-order valence-electron chi connectivity index (χ2n) is 6.46. The average Bonchev–Trinajstić information content (AvgIpc) is 3.38. The number of rotatable bonds is 5. The van der Waals surface area contributed by atoms with Crippen LogP contribution in [0, 0.1) is 12.7 Å². The van der Waals surface area contributed by atoms with Crippen LogP contribution >= 0.6 is 0 Å². The number of imidazole rings is 1. The molecule has 0 saturated carbocycles. The number of carbonyl (C=O) groups is 1. The number of aryl methyl sites for hydroxylation is 1. The number of nitrogens with zero attached hydrogens (tertiary/aromatic N) is 5. The average molecular weight is 392 g/mol. The van der Waals surface area contributed by atoms with E-state index in [9.17, 15) is 9.18 Å².